The van der Waals surface area contributed by atoms with E-state index < -0.39 is 5.97 Å². The van der Waals surface area contributed by atoms with Crippen LogP contribution in [0.15, 0.2) is 24.3 Å². The minimum atomic E-state index is -0.935. The fourth-order valence-corrected chi connectivity index (χ4v) is 2.45. The van der Waals surface area contributed by atoms with E-state index in [1.54, 1.807) is 16.7 Å². The molecule has 158 valence electrons. The molecule has 2 heterocycles. The van der Waals surface area contributed by atoms with Crippen LogP contribution >= 0.6 is 0 Å². The van der Waals surface area contributed by atoms with Crippen LogP contribution in [0.4, 0.5) is 0 Å². The monoisotopic (exact) mass is 396 g/mol. The number of aliphatic hydroxyl groups is 1. The minimum Gasteiger partial charge on any atom is -0.478 e. The average molecular weight is 396 g/mol. The van der Waals surface area contributed by atoms with E-state index in [9.17, 15) is 19.2 Å². The van der Waals surface area contributed by atoms with Gasteiger partial charge in [-0.25, -0.2) is 4.79 Å². The molecule has 0 radical (unpaired) electrons. The number of ketones is 1. The first kappa shape index (κ1) is 25.5. The summed E-state index contributed by atoms with van der Waals surface area (Å²) in [6.45, 7) is 12.7. The maximum absolute atomic E-state index is 11.2. The second kappa shape index (κ2) is 13.7. The van der Waals surface area contributed by atoms with Crippen molar-refractivity contribution in [2.45, 2.75) is 46.0 Å². The average Bonchev–Trinajstić information content (AvgIpc) is 3.22. The zero-order valence-electron chi connectivity index (χ0n) is 16.9. The number of carbonyl (C=O) groups is 4. The van der Waals surface area contributed by atoms with Gasteiger partial charge < -0.3 is 20.0 Å². The number of Topliss-reactive ketones (excluding diaryl/α,β-unsaturated/α-hetero) is 1. The number of aliphatic hydroxyl groups excluding tert-OH is 1. The normalized spacial score (nSPS) is 15.4. The molecule has 0 saturated carbocycles. The van der Waals surface area contributed by atoms with Crippen molar-refractivity contribution < 1.29 is 29.4 Å². The molecule has 0 aromatic rings. The summed E-state index contributed by atoms with van der Waals surface area (Å²) >= 11 is 0. The SMILES string of the molecule is C=C(C)C(=O)CCN1CCCC1=O.C=C(C)C(=O)O.O=C1CCCN1CCO. The Morgan fingerprint density at radius 1 is 0.929 bits per heavy atom. The maximum atomic E-state index is 11.2. The lowest BCUT2D eigenvalue weighted by Crippen LogP contribution is -2.27. The van der Waals surface area contributed by atoms with Crippen molar-refractivity contribution in [1.82, 2.24) is 9.80 Å². The van der Waals surface area contributed by atoms with Gasteiger partial charge in [0.15, 0.2) is 5.78 Å². The van der Waals surface area contributed by atoms with Crippen molar-refractivity contribution in [3.05, 3.63) is 24.3 Å². The third-order valence-electron chi connectivity index (χ3n) is 4.16. The number of amides is 2. The molecule has 0 atom stereocenters. The van der Waals surface area contributed by atoms with Crippen LogP contribution in [0, 0.1) is 0 Å². The highest BCUT2D eigenvalue weighted by Gasteiger charge is 2.20. The molecule has 0 bridgehead atoms. The van der Waals surface area contributed by atoms with E-state index in [0.717, 1.165) is 25.9 Å². The number of aliphatic carboxylic acids is 1. The fourth-order valence-electron chi connectivity index (χ4n) is 2.45. The van der Waals surface area contributed by atoms with Gasteiger partial charge in [-0.1, -0.05) is 13.2 Å². The Kier molecular flexibility index (Phi) is 12.4. The Bertz CT molecular complexity index is 588. The topological polar surface area (TPSA) is 115 Å². The molecular formula is C20H32N2O6. The van der Waals surface area contributed by atoms with Crippen LogP contribution in [0.2, 0.25) is 0 Å². The number of β-amino-alcohol motifs (C(OH)–C–C–N with tert-alkyl or cyclic N) is 1. The Morgan fingerprint density at radius 3 is 1.64 bits per heavy atom. The molecule has 2 rings (SSSR count). The second-order valence-corrected chi connectivity index (χ2v) is 6.73. The maximum Gasteiger partial charge on any atom is 0.330 e. The van der Waals surface area contributed by atoms with E-state index in [-0.39, 0.29) is 29.8 Å². The van der Waals surface area contributed by atoms with Gasteiger partial charge in [0, 0.05) is 51.0 Å². The molecule has 0 unspecified atom stereocenters. The van der Waals surface area contributed by atoms with E-state index in [2.05, 4.69) is 13.2 Å². The third-order valence-corrected chi connectivity index (χ3v) is 4.16. The lowest BCUT2D eigenvalue weighted by molar-refractivity contribution is -0.132. The number of hydrogen-bond acceptors (Lipinski definition) is 5. The van der Waals surface area contributed by atoms with Gasteiger partial charge in [-0.15, -0.1) is 0 Å². The predicted molar refractivity (Wildman–Crippen MR) is 106 cm³/mol. The van der Waals surface area contributed by atoms with Crippen LogP contribution in [0.25, 0.3) is 0 Å². The molecule has 2 N–H and O–H groups in total. The van der Waals surface area contributed by atoms with Gasteiger partial charge in [0.05, 0.1) is 6.61 Å². The van der Waals surface area contributed by atoms with Gasteiger partial charge in [-0.3, -0.25) is 14.4 Å². The first-order valence-corrected chi connectivity index (χ1v) is 9.34. The number of carboxylic acids is 1. The number of rotatable bonds is 7. The van der Waals surface area contributed by atoms with Crippen molar-refractivity contribution in [2.75, 3.05) is 32.8 Å². The van der Waals surface area contributed by atoms with Crippen LogP contribution in [-0.4, -0.2) is 76.4 Å². The van der Waals surface area contributed by atoms with Crippen LogP contribution in [0.1, 0.15) is 46.0 Å². The van der Waals surface area contributed by atoms with Gasteiger partial charge in [-0.2, -0.15) is 0 Å². The summed E-state index contributed by atoms with van der Waals surface area (Å²) in [5.74, 6) is -0.520. The standard InChI is InChI=1S/C10H15NO2.C6H11NO2.C4H6O2/c1-8(2)9(12)5-7-11-6-3-4-10(11)13;8-5-4-7-3-1-2-6(7)9;1-3(2)4(5)6/h1,3-7H2,2H3;8H,1-5H2;1H2,2H3,(H,5,6). The first-order chi connectivity index (χ1) is 13.1. The summed E-state index contributed by atoms with van der Waals surface area (Å²) in [5, 5.41) is 16.3. The quantitative estimate of drug-likeness (QED) is 0.629. The molecule has 2 fully saturated rings. The lowest BCUT2D eigenvalue weighted by atomic mass is 10.1. The van der Waals surface area contributed by atoms with Crippen LogP contribution in [0.3, 0.4) is 0 Å². The summed E-state index contributed by atoms with van der Waals surface area (Å²) in [5.41, 5.74) is 0.752. The van der Waals surface area contributed by atoms with E-state index in [1.165, 1.54) is 6.92 Å². The Labute approximate surface area is 166 Å². The highest BCUT2D eigenvalue weighted by atomic mass is 16.4. The molecule has 8 nitrogen and oxygen atoms in total. The number of nitrogens with zero attached hydrogens (tertiary/aromatic N) is 2. The molecule has 2 saturated heterocycles. The highest BCUT2D eigenvalue weighted by molar-refractivity contribution is 5.94. The van der Waals surface area contributed by atoms with Crippen molar-refractivity contribution >= 4 is 23.6 Å². The Hall–Kier alpha value is -2.48. The summed E-state index contributed by atoms with van der Waals surface area (Å²) in [6.07, 6.45) is 3.61. The van der Waals surface area contributed by atoms with E-state index in [0.29, 0.717) is 37.9 Å². The molecule has 2 aliphatic heterocycles. The van der Waals surface area contributed by atoms with E-state index >= 15 is 0 Å². The zero-order valence-corrected chi connectivity index (χ0v) is 16.9. The summed E-state index contributed by atoms with van der Waals surface area (Å²) in [6, 6.07) is 0. The van der Waals surface area contributed by atoms with E-state index in [4.69, 9.17) is 10.2 Å². The van der Waals surface area contributed by atoms with Gasteiger partial charge in [0.2, 0.25) is 11.8 Å². The number of likely N-dealkylation sites (tertiary alicyclic amines) is 2. The number of allylic oxidation sites excluding steroid dienone is 1. The fraction of sp³-hybridized carbons (Fsp3) is 0.600. The minimum absolute atomic E-state index is 0.0553. The summed E-state index contributed by atoms with van der Waals surface area (Å²) < 4.78 is 0. The van der Waals surface area contributed by atoms with Crippen molar-refractivity contribution in [2.24, 2.45) is 0 Å². The molecular weight excluding hydrogens is 364 g/mol. The van der Waals surface area contributed by atoms with E-state index in [1.807, 2.05) is 0 Å². The Balaban J connectivity index is 0.000000423. The predicted octanol–water partition coefficient (Wildman–Crippen LogP) is 1.39. The summed E-state index contributed by atoms with van der Waals surface area (Å²) in [4.78, 5) is 46.1. The second-order valence-electron chi connectivity index (χ2n) is 6.73. The van der Waals surface area contributed by atoms with Gasteiger partial charge in [-0.05, 0) is 32.3 Å². The number of carboxylic acid groups (broad SMARTS) is 1. The highest BCUT2D eigenvalue weighted by Crippen LogP contribution is 2.10. The van der Waals surface area contributed by atoms with Gasteiger partial charge >= 0.3 is 5.97 Å². The molecule has 0 spiro atoms. The molecule has 2 amide bonds. The van der Waals surface area contributed by atoms with Crippen molar-refractivity contribution in [3.63, 3.8) is 0 Å². The Morgan fingerprint density at radius 2 is 1.36 bits per heavy atom. The smallest absolute Gasteiger partial charge is 0.330 e. The molecule has 0 aromatic carbocycles. The largest absolute Gasteiger partial charge is 0.478 e. The number of carbonyl (C=O) groups excluding carboxylic acids is 3. The molecule has 0 aromatic heterocycles. The molecule has 0 aliphatic carbocycles. The molecule has 28 heavy (non-hydrogen) atoms. The van der Waals surface area contributed by atoms with Gasteiger partial charge in [0.1, 0.15) is 0 Å². The first-order valence-electron chi connectivity index (χ1n) is 9.34. The van der Waals surface area contributed by atoms with Crippen LogP contribution in [-0.2, 0) is 19.2 Å². The lowest BCUT2D eigenvalue weighted by Gasteiger charge is -2.14. The van der Waals surface area contributed by atoms with Crippen LogP contribution in [0.5, 0.6) is 0 Å². The van der Waals surface area contributed by atoms with Crippen molar-refractivity contribution in [3.8, 4) is 0 Å². The summed E-state index contributed by atoms with van der Waals surface area (Å²) in [7, 11) is 0. The van der Waals surface area contributed by atoms with Gasteiger partial charge in [0.25, 0.3) is 0 Å². The molecule has 8 heteroatoms. The third kappa shape index (κ3) is 10.6. The van der Waals surface area contributed by atoms with Crippen molar-refractivity contribution in [1.29, 1.82) is 0 Å². The zero-order chi connectivity index (χ0) is 21.7. The number of hydrogen-bond donors (Lipinski definition) is 2. The van der Waals surface area contributed by atoms with Crippen LogP contribution < -0.4 is 0 Å². The molecule has 2 aliphatic rings.